The van der Waals surface area contributed by atoms with E-state index >= 15 is 0 Å². The van der Waals surface area contributed by atoms with Crippen molar-refractivity contribution in [3.8, 4) is 0 Å². The lowest BCUT2D eigenvalue weighted by molar-refractivity contribution is 1.11. The van der Waals surface area contributed by atoms with Gasteiger partial charge in [0.15, 0.2) is 5.82 Å². The van der Waals surface area contributed by atoms with Gasteiger partial charge >= 0.3 is 0 Å². The Morgan fingerprint density at radius 1 is 1.20 bits per heavy atom. The Morgan fingerprint density at radius 3 is 2.90 bits per heavy atom. The van der Waals surface area contributed by atoms with E-state index in [0.717, 1.165) is 16.6 Å². The van der Waals surface area contributed by atoms with Crippen LogP contribution in [0.3, 0.4) is 0 Å². The van der Waals surface area contributed by atoms with Crippen molar-refractivity contribution < 1.29 is 0 Å². The van der Waals surface area contributed by atoms with E-state index in [0.29, 0.717) is 17.2 Å². The van der Waals surface area contributed by atoms with Crippen LogP contribution >= 0.6 is 11.6 Å². The van der Waals surface area contributed by atoms with Gasteiger partial charge in [-0.1, -0.05) is 6.07 Å². The zero-order chi connectivity index (χ0) is 14.1. The van der Waals surface area contributed by atoms with Crippen LogP contribution in [0.25, 0.3) is 10.9 Å². The fourth-order valence-electron chi connectivity index (χ4n) is 1.93. The fourth-order valence-corrected chi connectivity index (χ4v) is 2.14. The van der Waals surface area contributed by atoms with Crippen LogP contribution in [-0.4, -0.2) is 15.0 Å². The SMILES string of the molecule is Cc1nc(Cl)nc(Nc2ccc3ncccc3c2)c1N. The molecule has 3 rings (SSSR count). The van der Waals surface area contributed by atoms with E-state index in [2.05, 4.69) is 20.3 Å². The Bertz CT molecular complexity index is 788. The Hall–Kier alpha value is -2.40. The first kappa shape index (κ1) is 12.6. The van der Waals surface area contributed by atoms with Gasteiger partial charge in [0.25, 0.3) is 0 Å². The number of aromatic nitrogens is 3. The van der Waals surface area contributed by atoms with Crippen LogP contribution in [-0.2, 0) is 0 Å². The lowest BCUT2D eigenvalue weighted by Gasteiger charge is -2.10. The first-order valence-corrected chi connectivity index (χ1v) is 6.43. The number of aryl methyl sites for hydroxylation is 1. The minimum atomic E-state index is 0.168. The summed E-state index contributed by atoms with van der Waals surface area (Å²) in [6.45, 7) is 1.79. The predicted octanol–water partition coefficient (Wildman–Crippen LogP) is 3.31. The molecule has 2 aromatic heterocycles. The van der Waals surface area contributed by atoms with Gasteiger partial charge in [0.1, 0.15) is 0 Å². The second-order valence-electron chi connectivity index (χ2n) is 4.38. The highest BCUT2D eigenvalue weighted by atomic mass is 35.5. The van der Waals surface area contributed by atoms with Crippen molar-refractivity contribution >= 4 is 39.7 Å². The molecule has 0 aliphatic rings. The quantitative estimate of drug-likeness (QED) is 0.706. The zero-order valence-corrected chi connectivity index (χ0v) is 11.5. The maximum atomic E-state index is 5.95. The molecule has 0 aliphatic heterocycles. The smallest absolute Gasteiger partial charge is 0.224 e. The molecule has 100 valence electrons. The van der Waals surface area contributed by atoms with Crippen LogP contribution in [0.15, 0.2) is 36.5 Å². The van der Waals surface area contributed by atoms with Crippen molar-refractivity contribution in [1.29, 1.82) is 0 Å². The summed E-state index contributed by atoms with van der Waals surface area (Å²) in [5.41, 5.74) is 8.89. The monoisotopic (exact) mass is 285 g/mol. The van der Waals surface area contributed by atoms with E-state index in [9.17, 15) is 0 Å². The average molecular weight is 286 g/mol. The lowest BCUT2D eigenvalue weighted by atomic mass is 10.2. The number of anilines is 3. The molecule has 6 heteroatoms. The average Bonchev–Trinajstić information content (AvgIpc) is 2.44. The Morgan fingerprint density at radius 2 is 2.05 bits per heavy atom. The van der Waals surface area contributed by atoms with Crippen LogP contribution in [0, 0.1) is 6.92 Å². The number of benzene rings is 1. The molecule has 0 unspecified atom stereocenters. The van der Waals surface area contributed by atoms with E-state index in [1.807, 2.05) is 30.3 Å². The van der Waals surface area contributed by atoms with Crippen LogP contribution in [0.2, 0.25) is 5.28 Å². The van der Waals surface area contributed by atoms with Crippen LogP contribution in [0.4, 0.5) is 17.2 Å². The molecule has 3 aromatic rings. The highest BCUT2D eigenvalue weighted by Crippen LogP contribution is 2.26. The molecule has 2 heterocycles. The fraction of sp³-hybridized carbons (Fsp3) is 0.0714. The topological polar surface area (TPSA) is 76.7 Å². The second kappa shape index (κ2) is 4.94. The van der Waals surface area contributed by atoms with Gasteiger partial charge in [-0.2, -0.15) is 4.98 Å². The predicted molar refractivity (Wildman–Crippen MR) is 81.2 cm³/mol. The summed E-state index contributed by atoms with van der Waals surface area (Å²) in [7, 11) is 0. The molecule has 0 amide bonds. The molecule has 3 N–H and O–H groups in total. The molecule has 0 atom stereocenters. The maximum absolute atomic E-state index is 5.95. The molecule has 0 spiro atoms. The van der Waals surface area contributed by atoms with Crippen molar-refractivity contribution in [1.82, 2.24) is 15.0 Å². The minimum Gasteiger partial charge on any atom is -0.394 e. The van der Waals surface area contributed by atoms with Crippen LogP contribution in [0.5, 0.6) is 0 Å². The second-order valence-corrected chi connectivity index (χ2v) is 4.71. The highest BCUT2D eigenvalue weighted by Gasteiger charge is 2.08. The van der Waals surface area contributed by atoms with Crippen molar-refractivity contribution in [2.24, 2.45) is 0 Å². The van der Waals surface area contributed by atoms with E-state index in [1.165, 1.54) is 0 Å². The number of rotatable bonds is 2. The van der Waals surface area contributed by atoms with Crippen molar-refractivity contribution in [2.45, 2.75) is 6.92 Å². The van der Waals surface area contributed by atoms with Gasteiger partial charge in [0.05, 0.1) is 16.9 Å². The number of hydrogen-bond acceptors (Lipinski definition) is 5. The lowest BCUT2D eigenvalue weighted by Crippen LogP contribution is -2.03. The number of nitrogens with two attached hydrogens (primary N) is 1. The van der Waals surface area contributed by atoms with Gasteiger partial charge in [0.2, 0.25) is 5.28 Å². The standard InChI is InChI=1S/C14H12ClN5/c1-8-12(16)13(20-14(15)18-8)19-10-4-5-11-9(7-10)3-2-6-17-11/h2-7H,16H2,1H3,(H,18,19,20). The summed E-state index contributed by atoms with van der Waals surface area (Å²) in [6, 6.07) is 9.72. The van der Waals surface area contributed by atoms with Gasteiger partial charge in [-0.3, -0.25) is 4.98 Å². The van der Waals surface area contributed by atoms with Gasteiger partial charge in [-0.05, 0) is 42.8 Å². The van der Waals surface area contributed by atoms with Gasteiger partial charge in [-0.25, -0.2) is 4.98 Å². The molecular weight excluding hydrogens is 274 g/mol. The van der Waals surface area contributed by atoms with Gasteiger partial charge < -0.3 is 11.1 Å². The summed E-state index contributed by atoms with van der Waals surface area (Å²) in [5.74, 6) is 0.505. The number of pyridine rings is 1. The van der Waals surface area contributed by atoms with Gasteiger partial charge in [0, 0.05) is 17.3 Å². The largest absolute Gasteiger partial charge is 0.394 e. The molecule has 0 saturated heterocycles. The molecule has 0 aliphatic carbocycles. The summed E-state index contributed by atoms with van der Waals surface area (Å²) >= 11 is 5.86. The Kier molecular flexibility index (Phi) is 3.12. The molecule has 0 saturated carbocycles. The normalized spacial score (nSPS) is 10.7. The van der Waals surface area contributed by atoms with E-state index in [4.69, 9.17) is 17.3 Å². The summed E-state index contributed by atoms with van der Waals surface area (Å²) < 4.78 is 0. The number of nitrogens with zero attached hydrogens (tertiary/aromatic N) is 3. The third-order valence-corrected chi connectivity index (χ3v) is 3.14. The highest BCUT2D eigenvalue weighted by molar-refractivity contribution is 6.28. The molecule has 0 fully saturated rings. The van der Waals surface area contributed by atoms with Crippen molar-refractivity contribution in [2.75, 3.05) is 11.1 Å². The number of hydrogen-bond donors (Lipinski definition) is 2. The van der Waals surface area contributed by atoms with Crippen LogP contribution in [0.1, 0.15) is 5.69 Å². The van der Waals surface area contributed by atoms with E-state index in [1.54, 1.807) is 13.1 Å². The molecule has 5 nitrogen and oxygen atoms in total. The third kappa shape index (κ3) is 2.35. The number of nitrogens with one attached hydrogen (secondary N) is 1. The summed E-state index contributed by atoms with van der Waals surface area (Å²) in [5, 5.41) is 4.36. The summed E-state index contributed by atoms with van der Waals surface area (Å²) in [4.78, 5) is 12.4. The van der Waals surface area contributed by atoms with Crippen molar-refractivity contribution in [3.63, 3.8) is 0 Å². The number of halogens is 1. The Balaban J connectivity index is 2.01. The third-order valence-electron chi connectivity index (χ3n) is 2.97. The number of fused-ring (bicyclic) bond motifs is 1. The van der Waals surface area contributed by atoms with Crippen molar-refractivity contribution in [3.05, 3.63) is 47.5 Å². The van der Waals surface area contributed by atoms with E-state index in [-0.39, 0.29) is 5.28 Å². The molecular formula is C14H12ClN5. The molecule has 1 aromatic carbocycles. The van der Waals surface area contributed by atoms with E-state index < -0.39 is 0 Å². The van der Waals surface area contributed by atoms with Gasteiger partial charge in [-0.15, -0.1) is 0 Å². The molecule has 0 radical (unpaired) electrons. The Labute approximate surface area is 120 Å². The molecule has 20 heavy (non-hydrogen) atoms. The minimum absolute atomic E-state index is 0.168. The zero-order valence-electron chi connectivity index (χ0n) is 10.8. The first-order chi connectivity index (χ1) is 9.63. The first-order valence-electron chi connectivity index (χ1n) is 6.05. The molecule has 0 bridgehead atoms. The number of nitrogen functional groups attached to an aromatic ring is 1. The summed E-state index contributed by atoms with van der Waals surface area (Å²) in [6.07, 6.45) is 1.76. The maximum Gasteiger partial charge on any atom is 0.224 e. The van der Waals surface area contributed by atoms with Crippen LogP contribution < -0.4 is 11.1 Å².